The second kappa shape index (κ2) is 7.70. The number of nitrogens with zero attached hydrogens (tertiary/aromatic N) is 1. The highest BCUT2D eigenvalue weighted by Gasteiger charge is 2.32. The van der Waals surface area contributed by atoms with Crippen molar-refractivity contribution in [3.63, 3.8) is 0 Å². The molecular weight excluding hydrogens is 359 g/mol. The number of halogens is 3. The first-order valence-electron chi connectivity index (χ1n) is 8.59. The lowest BCUT2D eigenvalue weighted by Gasteiger charge is -2.37. The number of carboxylic acid groups (broad SMARTS) is 1. The van der Waals surface area contributed by atoms with E-state index in [-0.39, 0.29) is 11.7 Å². The number of hydrogen-bond acceptors (Lipinski definition) is 3. The third-order valence-corrected chi connectivity index (χ3v) is 4.50. The van der Waals surface area contributed by atoms with Gasteiger partial charge in [0.15, 0.2) is 0 Å². The van der Waals surface area contributed by atoms with Gasteiger partial charge in [-0.2, -0.15) is 13.2 Å². The molecule has 0 saturated carbocycles. The van der Waals surface area contributed by atoms with Gasteiger partial charge in [0, 0.05) is 19.6 Å². The van der Waals surface area contributed by atoms with Crippen LogP contribution in [0, 0.1) is 0 Å². The fraction of sp³-hybridized carbons (Fsp3) is 0.350. The third kappa shape index (κ3) is 4.87. The number of rotatable bonds is 4. The number of alkyl halides is 3. The first-order valence-corrected chi connectivity index (χ1v) is 8.59. The van der Waals surface area contributed by atoms with Crippen LogP contribution >= 0.6 is 0 Å². The Labute approximate surface area is 155 Å². The highest BCUT2D eigenvalue weighted by Crippen LogP contribution is 2.33. The van der Waals surface area contributed by atoms with Gasteiger partial charge in [-0.1, -0.05) is 24.3 Å². The SMILES string of the molecule is CC1CN(Cc2cccc(C(=O)O)c2)CC(c2cccc(C(F)(F)F)c2)O1. The summed E-state index contributed by atoms with van der Waals surface area (Å²) in [7, 11) is 0. The number of aromatic carboxylic acids is 1. The Hall–Kier alpha value is -2.38. The molecule has 0 aromatic heterocycles. The molecule has 2 aromatic rings. The number of hydrogen-bond donors (Lipinski definition) is 1. The molecule has 1 saturated heterocycles. The molecule has 0 spiro atoms. The zero-order chi connectivity index (χ0) is 19.6. The van der Waals surface area contributed by atoms with Crippen molar-refractivity contribution in [1.29, 1.82) is 0 Å². The molecule has 4 nitrogen and oxygen atoms in total. The van der Waals surface area contributed by atoms with Crippen molar-refractivity contribution in [1.82, 2.24) is 4.90 Å². The largest absolute Gasteiger partial charge is 0.478 e. The molecule has 0 aliphatic carbocycles. The van der Waals surface area contributed by atoms with Gasteiger partial charge < -0.3 is 9.84 Å². The first-order chi connectivity index (χ1) is 12.7. The van der Waals surface area contributed by atoms with Crippen molar-refractivity contribution in [2.75, 3.05) is 13.1 Å². The van der Waals surface area contributed by atoms with Crippen molar-refractivity contribution in [2.24, 2.45) is 0 Å². The maximum absolute atomic E-state index is 13.0. The predicted octanol–water partition coefficient (Wildman–Crippen LogP) is 4.37. The topological polar surface area (TPSA) is 49.8 Å². The van der Waals surface area contributed by atoms with Gasteiger partial charge >= 0.3 is 12.1 Å². The Bertz CT molecular complexity index is 822. The average molecular weight is 379 g/mol. The van der Waals surface area contributed by atoms with E-state index in [9.17, 15) is 18.0 Å². The van der Waals surface area contributed by atoms with E-state index < -0.39 is 23.8 Å². The molecule has 1 aliphatic rings. The van der Waals surface area contributed by atoms with E-state index in [4.69, 9.17) is 9.84 Å². The van der Waals surface area contributed by atoms with Gasteiger partial charge in [-0.05, 0) is 42.3 Å². The average Bonchev–Trinajstić information content (AvgIpc) is 2.61. The molecular formula is C20H20F3NO3. The first kappa shape index (κ1) is 19.4. The summed E-state index contributed by atoms with van der Waals surface area (Å²) in [6, 6.07) is 11.9. The van der Waals surface area contributed by atoms with Crippen LogP contribution in [0.25, 0.3) is 0 Å². The minimum absolute atomic E-state index is 0.152. The number of morpholine rings is 1. The van der Waals surface area contributed by atoms with E-state index in [1.807, 2.05) is 13.0 Å². The highest BCUT2D eigenvalue weighted by atomic mass is 19.4. The summed E-state index contributed by atoms with van der Waals surface area (Å²) in [6.07, 6.45) is -5.02. The highest BCUT2D eigenvalue weighted by molar-refractivity contribution is 5.87. The molecule has 27 heavy (non-hydrogen) atoms. The van der Waals surface area contributed by atoms with Gasteiger partial charge in [0.2, 0.25) is 0 Å². The maximum Gasteiger partial charge on any atom is 0.416 e. The molecule has 144 valence electrons. The van der Waals surface area contributed by atoms with Gasteiger partial charge in [0.1, 0.15) is 0 Å². The van der Waals surface area contributed by atoms with Crippen molar-refractivity contribution in [3.05, 3.63) is 70.8 Å². The van der Waals surface area contributed by atoms with Gasteiger partial charge in [-0.3, -0.25) is 4.90 Å². The molecule has 3 rings (SSSR count). The van der Waals surface area contributed by atoms with Crippen molar-refractivity contribution in [2.45, 2.75) is 31.9 Å². The molecule has 1 aliphatic heterocycles. The molecule has 2 unspecified atom stereocenters. The van der Waals surface area contributed by atoms with Crippen LogP contribution in [0.4, 0.5) is 13.2 Å². The monoisotopic (exact) mass is 379 g/mol. The van der Waals surface area contributed by atoms with Crippen LogP contribution in [0.15, 0.2) is 48.5 Å². The van der Waals surface area contributed by atoms with Gasteiger partial charge in [0.05, 0.1) is 23.3 Å². The zero-order valence-electron chi connectivity index (χ0n) is 14.7. The Morgan fingerprint density at radius 3 is 2.63 bits per heavy atom. The number of ether oxygens (including phenoxy) is 1. The van der Waals surface area contributed by atoms with E-state index in [0.29, 0.717) is 25.2 Å². The fourth-order valence-corrected chi connectivity index (χ4v) is 3.33. The zero-order valence-corrected chi connectivity index (χ0v) is 14.7. The van der Waals surface area contributed by atoms with Crippen LogP contribution in [0.3, 0.4) is 0 Å². The lowest BCUT2D eigenvalue weighted by atomic mass is 10.0. The van der Waals surface area contributed by atoms with Crippen LogP contribution in [0.2, 0.25) is 0 Å². The number of carbonyl (C=O) groups is 1. The molecule has 2 atom stereocenters. The summed E-state index contributed by atoms with van der Waals surface area (Å²) in [5, 5.41) is 9.11. The normalized spacial score (nSPS) is 21.2. The minimum atomic E-state index is -4.40. The Kier molecular flexibility index (Phi) is 5.53. The lowest BCUT2D eigenvalue weighted by Crippen LogP contribution is -2.42. The quantitative estimate of drug-likeness (QED) is 0.857. The molecule has 0 amide bonds. The van der Waals surface area contributed by atoms with E-state index in [1.54, 1.807) is 18.2 Å². The molecule has 2 aromatic carbocycles. The summed E-state index contributed by atoms with van der Waals surface area (Å²) in [4.78, 5) is 13.2. The van der Waals surface area contributed by atoms with Crippen molar-refractivity contribution in [3.8, 4) is 0 Å². The minimum Gasteiger partial charge on any atom is -0.478 e. The maximum atomic E-state index is 13.0. The molecule has 1 N–H and O–H groups in total. The standard InChI is InChI=1S/C20H20F3NO3/c1-13-10-24(11-14-4-2-6-16(8-14)19(25)26)12-18(27-13)15-5-3-7-17(9-15)20(21,22)23/h2-9,13,18H,10-12H2,1H3,(H,25,26). The van der Waals surface area contributed by atoms with Crippen LogP contribution in [-0.2, 0) is 17.5 Å². The van der Waals surface area contributed by atoms with Crippen LogP contribution in [-0.4, -0.2) is 35.2 Å². The van der Waals surface area contributed by atoms with Crippen LogP contribution in [0.1, 0.15) is 40.1 Å². The second-order valence-electron chi connectivity index (χ2n) is 6.76. The van der Waals surface area contributed by atoms with Gasteiger partial charge in [-0.25, -0.2) is 4.79 Å². The molecule has 1 heterocycles. The molecule has 1 fully saturated rings. The third-order valence-electron chi connectivity index (χ3n) is 4.50. The predicted molar refractivity (Wildman–Crippen MR) is 93.4 cm³/mol. The number of carboxylic acids is 1. The summed E-state index contributed by atoms with van der Waals surface area (Å²) in [5.74, 6) is -0.992. The second-order valence-corrected chi connectivity index (χ2v) is 6.76. The Balaban J connectivity index is 1.77. The van der Waals surface area contributed by atoms with E-state index in [0.717, 1.165) is 17.7 Å². The summed E-state index contributed by atoms with van der Waals surface area (Å²) in [5.41, 5.74) is 0.846. The van der Waals surface area contributed by atoms with Gasteiger partial charge in [0.25, 0.3) is 0 Å². The summed E-state index contributed by atoms with van der Waals surface area (Å²) < 4.78 is 44.8. The van der Waals surface area contributed by atoms with Crippen LogP contribution < -0.4 is 0 Å². The van der Waals surface area contributed by atoms with E-state index >= 15 is 0 Å². The summed E-state index contributed by atoms with van der Waals surface area (Å²) >= 11 is 0. The van der Waals surface area contributed by atoms with E-state index in [2.05, 4.69) is 4.90 Å². The molecule has 0 radical (unpaired) electrons. The Morgan fingerprint density at radius 2 is 1.93 bits per heavy atom. The lowest BCUT2D eigenvalue weighted by molar-refractivity contribution is -0.137. The van der Waals surface area contributed by atoms with E-state index in [1.165, 1.54) is 12.1 Å². The van der Waals surface area contributed by atoms with Crippen molar-refractivity contribution < 1.29 is 27.8 Å². The Morgan fingerprint density at radius 1 is 1.19 bits per heavy atom. The molecule has 7 heteroatoms. The molecule has 0 bridgehead atoms. The van der Waals surface area contributed by atoms with Gasteiger partial charge in [-0.15, -0.1) is 0 Å². The smallest absolute Gasteiger partial charge is 0.416 e. The fourth-order valence-electron chi connectivity index (χ4n) is 3.33. The van der Waals surface area contributed by atoms with Crippen LogP contribution in [0.5, 0.6) is 0 Å². The number of benzene rings is 2. The summed E-state index contributed by atoms with van der Waals surface area (Å²) in [6.45, 7) is 3.43. The van der Waals surface area contributed by atoms with Crippen molar-refractivity contribution >= 4 is 5.97 Å².